The van der Waals surface area contributed by atoms with E-state index in [4.69, 9.17) is 34.8 Å². The summed E-state index contributed by atoms with van der Waals surface area (Å²) in [5, 5.41) is 12.8. The van der Waals surface area contributed by atoms with Gasteiger partial charge in [0.1, 0.15) is 11.0 Å². The molecule has 0 saturated heterocycles. The monoisotopic (exact) mass is 473 g/mol. The first-order chi connectivity index (χ1) is 14.9. The van der Waals surface area contributed by atoms with E-state index in [-0.39, 0.29) is 11.1 Å². The molecule has 0 aliphatic carbocycles. The van der Waals surface area contributed by atoms with Crippen molar-refractivity contribution < 1.29 is 4.79 Å². The van der Waals surface area contributed by atoms with Crippen molar-refractivity contribution in [2.75, 3.05) is 5.32 Å². The number of aromatic nitrogens is 4. The number of amides is 1. The SMILES string of the molecule is Cc1nn(Cc2ccccc2)c(Cl)c1C(=O)Nc1ccnn1Cc1cccc(Cl)c1Cl. The van der Waals surface area contributed by atoms with Gasteiger partial charge in [-0.05, 0) is 24.1 Å². The van der Waals surface area contributed by atoms with E-state index in [1.165, 1.54) is 0 Å². The third-order valence-electron chi connectivity index (χ3n) is 4.78. The third kappa shape index (κ3) is 4.61. The number of anilines is 1. The van der Waals surface area contributed by atoms with Crippen LogP contribution < -0.4 is 5.32 Å². The van der Waals surface area contributed by atoms with Crippen molar-refractivity contribution in [2.45, 2.75) is 20.0 Å². The summed E-state index contributed by atoms with van der Waals surface area (Å²) in [6, 6.07) is 16.9. The number of aryl methyl sites for hydroxylation is 1. The van der Waals surface area contributed by atoms with Crippen LogP contribution in [0.2, 0.25) is 15.2 Å². The molecule has 0 radical (unpaired) electrons. The lowest BCUT2D eigenvalue weighted by Gasteiger charge is -2.11. The first-order valence-corrected chi connectivity index (χ1v) is 10.6. The van der Waals surface area contributed by atoms with E-state index in [1.807, 2.05) is 42.5 Å². The number of rotatable bonds is 6. The molecule has 4 aromatic rings. The molecule has 6 nitrogen and oxygen atoms in total. The zero-order valence-corrected chi connectivity index (χ0v) is 18.8. The van der Waals surface area contributed by atoms with E-state index in [1.54, 1.807) is 34.6 Å². The lowest BCUT2D eigenvalue weighted by atomic mass is 10.2. The Bertz CT molecular complexity index is 1230. The van der Waals surface area contributed by atoms with Crippen molar-refractivity contribution in [3.8, 4) is 0 Å². The standard InChI is InChI=1S/C22H18Cl3N5O/c1-14-19(21(25)30(28-14)12-15-6-3-2-4-7-15)22(31)27-18-10-11-26-29(18)13-16-8-5-9-17(23)20(16)24/h2-11H,12-13H2,1H3,(H,27,31). The second-order valence-electron chi connectivity index (χ2n) is 6.94. The van der Waals surface area contributed by atoms with Crippen LogP contribution in [0.4, 0.5) is 5.82 Å². The molecule has 0 bridgehead atoms. The summed E-state index contributed by atoms with van der Waals surface area (Å²) in [6.45, 7) is 2.58. The highest BCUT2D eigenvalue weighted by Gasteiger charge is 2.22. The Morgan fingerprint density at radius 3 is 2.52 bits per heavy atom. The van der Waals surface area contributed by atoms with Gasteiger partial charge in [-0.3, -0.25) is 4.79 Å². The molecule has 0 spiro atoms. The fraction of sp³-hybridized carbons (Fsp3) is 0.136. The number of carbonyl (C=O) groups is 1. The number of hydrogen-bond acceptors (Lipinski definition) is 3. The van der Waals surface area contributed by atoms with Crippen LogP contribution in [0.5, 0.6) is 0 Å². The Hall–Kier alpha value is -2.80. The van der Waals surface area contributed by atoms with Gasteiger partial charge < -0.3 is 5.32 Å². The minimum absolute atomic E-state index is 0.280. The van der Waals surface area contributed by atoms with E-state index in [0.717, 1.165) is 11.1 Å². The second kappa shape index (κ2) is 9.14. The summed E-state index contributed by atoms with van der Waals surface area (Å²) >= 11 is 18.9. The highest BCUT2D eigenvalue weighted by atomic mass is 35.5. The molecular formula is C22H18Cl3N5O. The maximum atomic E-state index is 13.0. The average molecular weight is 475 g/mol. The Morgan fingerprint density at radius 1 is 0.968 bits per heavy atom. The number of nitrogens with zero attached hydrogens (tertiary/aromatic N) is 4. The zero-order chi connectivity index (χ0) is 22.0. The van der Waals surface area contributed by atoms with Crippen molar-refractivity contribution in [1.29, 1.82) is 0 Å². The Kier molecular flexibility index (Phi) is 6.32. The fourth-order valence-corrected chi connectivity index (χ4v) is 3.95. The topological polar surface area (TPSA) is 64.7 Å². The maximum absolute atomic E-state index is 13.0. The van der Waals surface area contributed by atoms with Crippen molar-refractivity contribution in [3.63, 3.8) is 0 Å². The lowest BCUT2D eigenvalue weighted by molar-refractivity contribution is 0.102. The minimum atomic E-state index is -0.360. The Morgan fingerprint density at radius 2 is 1.74 bits per heavy atom. The molecule has 0 atom stereocenters. The van der Waals surface area contributed by atoms with Crippen LogP contribution in [-0.2, 0) is 13.1 Å². The zero-order valence-electron chi connectivity index (χ0n) is 16.5. The van der Waals surface area contributed by atoms with Crippen LogP contribution in [0, 0.1) is 6.92 Å². The molecule has 4 rings (SSSR count). The van der Waals surface area contributed by atoms with Gasteiger partial charge in [-0.1, -0.05) is 77.3 Å². The van der Waals surface area contributed by atoms with Crippen LogP contribution in [0.15, 0.2) is 60.8 Å². The van der Waals surface area contributed by atoms with E-state index in [0.29, 0.717) is 40.2 Å². The van der Waals surface area contributed by atoms with Gasteiger partial charge in [0.15, 0.2) is 0 Å². The molecule has 9 heteroatoms. The molecule has 0 aliphatic rings. The minimum Gasteiger partial charge on any atom is -0.307 e. The van der Waals surface area contributed by atoms with Gasteiger partial charge in [0.05, 0.1) is 40.6 Å². The van der Waals surface area contributed by atoms with Crippen molar-refractivity contribution in [3.05, 3.63) is 98.4 Å². The van der Waals surface area contributed by atoms with E-state index >= 15 is 0 Å². The predicted octanol–water partition coefficient (Wildman–Crippen LogP) is 5.70. The number of halogens is 3. The summed E-state index contributed by atoms with van der Waals surface area (Å²) in [5.41, 5.74) is 2.70. The molecule has 1 amide bonds. The fourth-order valence-electron chi connectivity index (χ4n) is 3.25. The van der Waals surface area contributed by atoms with Crippen molar-refractivity contribution in [1.82, 2.24) is 19.6 Å². The molecule has 0 aliphatic heterocycles. The molecule has 0 fully saturated rings. The normalized spacial score (nSPS) is 11.0. The van der Waals surface area contributed by atoms with Crippen molar-refractivity contribution in [2.24, 2.45) is 0 Å². The van der Waals surface area contributed by atoms with Crippen LogP contribution in [0.25, 0.3) is 0 Å². The van der Waals surface area contributed by atoms with Gasteiger partial charge in [0.2, 0.25) is 0 Å². The van der Waals surface area contributed by atoms with Crippen LogP contribution >= 0.6 is 34.8 Å². The molecule has 0 unspecified atom stereocenters. The van der Waals surface area contributed by atoms with Gasteiger partial charge in [-0.2, -0.15) is 10.2 Å². The second-order valence-corrected chi connectivity index (χ2v) is 8.08. The quantitative estimate of drug-likeness (QED) is 0.390. The third-order valence-corrected chi connectivity index (χ3v) is 6.02. The summed E-state index contributed by atoms with van der Waals surface area (Å²) in [6.07, 6.45) is 1.60. The van der Waals surface area contributed by atoms with Gasteiger partial charge in [0, 0.05) is 6.07 Å². The number of carbonyl (C=O) groups excluding carboxylic acids is 1. The van der Waals surface area contributed by atoms with Gasteiger partial charge in [0.25, 0.3) is 5.91 Å². The molecule has 2 aromatic carbocycles. The van der Waals surface area contributed by atoms with E-state index in [2.05, 4.69) is 15.5 Å². The number of benzene rings is 2. The van der Waals surface area contributed by atoms with Crippen LogP contribution in [0.1, 0.15) is 27.2 Å². The Labute approximate surface area is 194 Å². The van der Waals surface area contributed by atoms with Gasteiger partial charge in [-0.25, -0.2) is 9.36 Å². The Balaban J connectivity index is 1.55. The first-order valence-electron chi connectivity index (χ1n) is 9.47. The van der Waals surface area contributed by atoms with Gasteiger partial charge >= 0.3 is 0 Å². The highest BCUT2D eigenvalue weighted by Crippen LogP contribution is 2.27. The highest BCUT2D eigenvalue weighted by molar-refractivity contribution is 6.42. The molecule has 2 heterocycles. The number of hydrogen-bond donors (Lipinski definition) is 1. The van der Waals surface area contributed by atoms with Crippen LogP contribution in [-0.4, -0.2) is 25.5 Å². The largest absolute Gasteiger partial charge is 0.307 e. The van der Waals surface area contributed by atoms with Crippen molar-refractivity contribution >= 4 is 46.5 Å². The van der Waals surface area contributed by atoms with E-state index < -0.39 is 0 Å². The first kappa shape index (κ1) is 21.4. The van der Waals surface area contributed by atoms with Gasteiger partial charge in [-0.15, -0.1) is 0 Å². The molecule has 0 saturated carbocycles. The smallest absolute Gasteiger partial charge is 0.261 e. The summed E-state index contributed by atoms with van der Waals surface area (Å²) in [4.78, 5) is 13.0. The van der Waals surface area contributed by atoms with E-state index in [9.17, 15) is 4.79 Å². The molecule has 2 aromatic heterocycles. The lowest BCUT2D eigenvalue weighted by Crippen LogP contribution is -2.17. The molecular weight excluding hydrogens is 457 g/mol. The molecule has 158 valence electrons. The van der Waals surface area contributed by atoms with Crippen LogP contribution in [0.3, 0.4) is 0 Å². The summed E-state index contributed by atoms with van der Waals surface area (Å²) in [7, 11) is 0. The molecule has 31 heavy (non-hydrogen) atoms. The maximum Gasteiger partial charge on any atom is 0.261 e. The summed E-state index contributed by atoms with van der Waals surface area (Å²) < 4.78 is 3.25. The molecule has 1 N–H and O–H groups in total. The summed E-state index contributed by atoms with van der Waals surface area (Å²) in [5.74, 6) is 0.146. The predicted molar refractivity (Wildman–Crippen MR) is 123 cm³/mol. The average Bonchev–Trinajstić information content (AvgIpc) is 3.29. The number of nitrogens with one attached hydrogen (secondary N) is 1.